The minimum Gasteiger partial charge on any atom is -0.391 e. The fourth-order valence-electron chi connectivity index (χ4n) is 1.69. The number of aryl methyl sites for hydroxylation is 2. The molecule has 0 N–H and O–H groups in total. The van der Waals surface area contributed by atoms with Crippen LogP contribution in [-0.4, -0.2) is 9.39 Å². The zero-order chi connectivity index (χ0) is 14.0. The maximum Gasteiger partial charge on any atom is 0.564 e. The molecule has 1 aliphatic rings. The maximum atomic E-state index is 4.99. The summed E-state index contributed by atoms with van der Waals surface area (Å²) in [4.78, 5) is 0. The van der Waals surface area contributed by atoms with Gasteiger partial charge >= 0.3 is 9.39 Å². The van der Waals surface area contributed by atoms with Crippen LogP contribution in [0.2, 0.25) is 0 Å². The van der Waals surface area contributed by atoms with E-state index in [-0.39, 0.29) is 17.1 Å². The molecule has 0 spiro atoms. The predicted molar refractivity (Wildman–Crippen MR) is 88.2 cm³/mol. The summed E-state index contributed by atoms with van der Waals surface area (Å²) in [5.74, 6) is 0. The molecule has 6 heteroatoms. The van der Waals surface area contributed by atoms with E-state index in [2.05, 4.69) is 38.1 Å². The normalized spacial score (nSPS) is 13.4. The molecule has 0 heterocycles. The van der Waals surface area contributed by atoms with Crippen LogP contribution in [0.1, 0.15) is 43.2 Å². The van der Waals surface area contributed by atoms with Gasteiger partial charge in [-0.1, -0.05) is 67.5 Å². The Hall–Kier alpha value is 1.43. The SMILES string of the molecule is C1CCCC1.Cc1cccc(C)c1.[Cl][Al-]([Cl])([Cl])[Cl].[Fe]. The summed E-state index contributed by atoms with van der Waals surface area (Å²) < 4.78 is 0. The molecular weight excluding hydrogens is 381 g/mol. The molecule has 0 amide bonds. The van der Waals surface area contributed by atoms with Gasteiger partial charge in [-0.2, -0.15) is 0 Å². The Labute approximate surface area is 147 Å². The van der Waals surface area contributed by atoms with E-state index in [9.17, 15) is 0 Å². The van der Waals surface area contributed by atoms with Crippen LogP contribution in [0.4, 0.5) is 0 Å². The molecule has 0 unspecified atom stereocenters. The molecule has 1 saturated carbocycles. The first-order valence-corrected chi connectivity index (χ1v) is 13.2. The van der Waals surface area contributed by atoms with E-state index >= 15 is 0 Å². The average molecular weight is 401 g/mol. The smallest absolute Gasteiger partial charge is 0.391 e. The van der Waals surface area contributed by atoms with Gasteiger partial charge in [-0.15, -0.1) is 0 Å². The summed E-state index contributed by atoms with van der Waals surface area (Å²) in [7, 11) is 17.0. The van der Waals surface area contributed by atoms with Gasteiger partial charge in [0.2, 0.25) is 0 Å². The third kappa shape index (κ3) is 21.9. The van der Waals surface area contributed by atoms with Gasteiger partial charge < -0.3 is 40.2 Å². The van der Waals surface area contributed by atoms with Crippen LogP contribution in [0.3, 0.4) is 0 Å². The van der Waals surface area contributed by atoms with E-state index in [1.807, 2.05) is 0 Å². The Kier molecular flexibility index (Phi) is 15.7. The average Bonchev–Trinajstić information content (AvgIpc) is 2.71. The fourth-order valence-corrected chi connectivity index (χ4v) is 1.69. The second-order valence-corrected chi connectivity index (χ2v) is 17.3. The Bertz CT molecular complexity index is 294. The molecule has 0 aliphatic heterocycles. The van der Waals surface area contributed by atoms with Crippen molar-refractivity contribution in [1.29, 1.82) is 0 Å². The summed E-state index contributed by atoms with van der Waals surface area (Å²) >= 11 is 0. The van der Waals surface area contributed by atoms with Gasteiger partial charge in [0.15, 0.2) is 0 Å². The predicted octanol–water partition coefficient (Wildman–Crippen LogP) is 6.63. The van der Waals surface area contributed by atoms with E-state index in [1.54, 1.807) is 0 Å². The van der Waals surface area contributed by atoms with Crippen LogP contribution >= 0.6 is 40.2 Å². The Morgan fingerprint density at radius 3 is 1.21 bits per heavy atom. The summed E-state index contributed by atoms with van der Waals surface area (Å²) in [6.07, 6.45) is 7.50. The second-order valence-electron chi connectivity index (χ2n) is 4.42. The van der Waals surface area contributed by atoms with Crippen LogP contribution in [0.5, 0.6) is 0 Å². The standard InChI is InChI=1S/C8H10.C5H10.Al.4ClH.Fe/c1-7-4-3-5-8(2)6-7;1-2-4-5-3-1;;;;;;/h3-6H,1-2H3;1-5H2;;4*1H;/q;;+3;;;;;/p-4. The monoisotopic (exact) mass is 399 g/mol. The molecule has 0 atom stereocenters. The van der Waals surface area contributed by atoms with Crippen LogP contribution in [-0.2, 0) is 17.1 Å². The van der Waals surface area contributed by atoms with Gasteiger partial charge in [-0.05, 0) is 13.8 Å². The van der Waals surface area contributed by atoms with Crippen LogP contribution < -0.4 is 0 Å². The first-order valence-electron chi connectivity index (χ1n) is 6.19. The molecule has 112 valence electrons. The van der Waals surface area contributed by atoms with Crippen molar-refractivity contribution in [3.8, 4) is 0 Å². The van der Waals surface area contributed by atoms with Crippen molar-refractivity contribution < 1.29 is 17.1 Å². The molecule has 0 bridgehead atoms. The van der Waals surface area contributed by atoms with Crippen LogP contribution in [0, 0.1) is 13.8 Å². The van der Waals surface area contributed by atoms with Crippen molar-refractivity contribution in [2.24, 2.45) is 0 Å². The molecule has 0 nitrogen and oxygen atoms in total. The van der Waals surface area contributed by atoms with Gasteiger partial charge in [-0.25, -0.2) is 0 Å². The first kappa shape index (κ1) is 22.7. The van der Waals surface area contributed by atoms with E-state index in [4.69, 9.17) is 40.2 Å². The molecule has 0 saturated heterocycles. The Balaban J connectivity index is 0. The summed E-state index contributed by atoms with van der Waals surface area (Å²) in [5, 5.41) is 0. The van der Waals surface area contributed by atoms with E-state index in [0.717, 1.165) is 0 Å². The minimum absolute atomic E-state index is 0. The van der Waals surface area contributed by atoms with Crippen LogP contribution in [0.15, 0.2) is 24.3 Å². The number of hydrogen-bond donors (Lipinski definition) is 0. The topological polar surface area (TPSA) is 0 Å². The molecule has 1 fully saturated rings. The van der Waals surface area contributed by atoms with Crippen molar-refractivity contribution in [1.82, 2.24) is 0 Å². The Morgan fingerprint density at radius 1 is 0.789 bits per heavy atom. The van der Waals surface area contributed by atoms with Crippen molar-refractivity contribution in [2.45, 2.75) is 46.0 Å². The molecule has 2 rings (SSSR count). The van der Waals surface area contributed by atoms with E-state index in [1.165, 1.54) is 43.2 Å². The summed E-state index contributed by atoms with van der Waals surface area (Å²) in [5.41, 5.74) is 2.68. The van der Waals surface area contributed by atoms with Gasteiger partial charge in [-0.3, -0.25) is 0 Å². The first-order chi connectivity index (χ1) is 8.29. The molecule has 0 aromatic heterocycles. The molecule has 1 aliphatic carbocycles. The number of rotatable bonds is 0. The van der Waals surface area contributed by atoms with Gasteiger partial charge in [0.1, 0.15) is 0 Å². The largest absolute Gasteiger partial charge is 0.564 e. The van der Waals surface area contributed by atoms with Gasteiger partial charge in [0.25, 0.3) is 0 Å². The minimum atomic E-state index is -2.94. The van der Waals surface area contributed by atoms with Crippen molar-refractivity contribution in [3.63, 3.8) is 0 Å². The molecule has 19 heavy (non-hydrogen) atoms. The van der Waals surface area contributed by atoms with Crippen molar-refractivity contribution in [3.05, 3.63) is 35.4 Å². The fraction of sp³-hybridized carbons (Fsp3) is 0.538. The van der Waals surface area contributed by atoms with Crippen molar-refractivity contribution in [2.75, 3.05) is 0 Å². The third-order valence-electron chi connectivity index (χ3n) is 2.42. The number of halogens is 4. The van der Waals surface area contributed by atoms with Gasteiger partial charge in [0, 0.05) is 17.1 Å². The molecule has 1 aromatic rings. The summed E-state index contributed by atoms with van der Waals surface area (Å²) in [6.45, 7) is 4.21. The van der Waals surface area contributed by atoms with Crippen LogP contribution in [0.25, 0.3) is 0 Å². The Morgan fingerprint density at radius 2 is 1.05 bits per heavy atom. The zero-order valence-electron chi connectivity index (χ0n) is 11.3. The third-order valence-corrected chi connectivity index (χ3v) is 2.42. The number of hydrogen-bond acceptors (Lipinski definition) is 0. The quantitative estimate of drug-likeness (QED) is 0.429. The van der Waals surface area contributed by atoms with Crippen molar-refractivity contribution >= 4 is 49.6 Å². The molecule has 0 radical (unpaired) electrons. The van der Waals surface area contributed by atoms with E-state index in [0.29, 0.717) is 0 Å². The number of benzene rings is 1. The maximum absolute atomic E-state index is 4.99. The summed E-state index contributed by atoms with van der Waals surface area (Å²) in [6, 6.07) is 8.45. The molecular formula is C13H20AlCl4Fe-. The zero-order valence-corrected chi connectivity index (χ0v) is 16.6. The van der Waals surface area contributed by atoms with Gasteiger partial charge in [0.05, 0.1) is 0 Å². The molecule has 1 aromatic carbocycles. The van der Waals surface area contributed by atoms with E-state index < -0.39 is 9.39 Å². The second kappa shape index (κ2) is 13.1.